The fourth-order valence-corrected chi connectivity index (χ4v) is 4.45. The summed E-state index contributed by atoms with van der Waals surface area (Å²) in [6.45, 7) is 1.23. The molecular weight excluding hydrogens is 488 g/mol. The van der Waals surface area contributed by atoms with Gasteiger partial charge in [-0.1, -0.05) is 54.6 Å². The van der Waals surface area contributed by atoms with Crippen LogP contribution in [-0.2, 0) is 4.79 Å². The number of aromatic nitrogens is 1. The van der Waals surface area contributed by atoms with E-state index < -0.39 is 0 Å². The van der Waals surface area contributed by atoms with E-state index in [1.165, 1.54) is 16.7 Å². The van der Waals surface area contributed by atoms with Crippen LogP contribution in [-0.4, -0.2) is 29.1 Å². The van der Waals surface area contributed by atoms with Gasteiger partial charge in [0.15, 0.2) is 5.78 Å². The number of pyridine rings is 1. The lowest BCUT2D eigenvalue weighted by Gasteiger charge is -2.28. The molecule has 0 bridgehead atoms. The maximum Gasteiger partial charge on any atom is 0.258 e. The smallest absolute Gasteiger partial charge is 0.258 e. The molecule has 0 aliphatic carbocycles. The topological polar surface area (TPSA) is 96.6 Å². The summed E-state index contributed by atoms with van der Waals surface area (Å²) >= 11 is 0. The minimum Gasteiger partial charge on any atom is -0.383 e. The molecule has 0 radical (unpaired) electrons. The molecule has 0 saturated carbocycles. The zero-order valence-electron chi connectivity index (χ0n) is 21.3. The van der Waals surface area contributed by atoms with Crippen LogP contribution < -0.4 is 15.5 Å². The molecule has 0 saturated heterocycles. The molecular formula is C32H26N4O3. The highest BCUT2D eigenvalue weighted by atomic mass is 16.2. The van der Waals surface area contributed by atoms with Gasteiger partial charge in [-0.25, -0.2) is 4.98 Å². The molecule has 192 valence electrons. The molecule has 7 heteroatoms. The number of para-hydroxylation sites is 2. The number of anilines is 4. The normalized spacial score (nSPS) is 10.7. The summed E-state index contributed by atoms with van der Waals surface area (Å²) in [5, 5.41) is 1.52. The lowest BCUT2D eigenvalue weighted by Crippen LogP contribution is -2.41. The molecule has 0 aliphatic heterocycles. The van der Waals surface area contributed by atoms with E-state index in [2.05, 4.69) is 4.98 Å². The number of fused-ring (bicyclic) bond motifs is 1. The maximum atomic E-state index is 14.0. The minimum atomic E-state index is -0.356. The summed E-state index contributed by atoms with van der Waals surface area (Å²) in [7, 11) is 0. The Morgan fingerprint density at radius 3 is 2.08 bits per heavy atom. The van der Waals surface area contributed by atoms with Crippen LogP contribution in [0.4, 0.5) is 22.9 Å². The number of hydrogen-bond acceptors (Lipinski definition) is 5. The number of Topliss-reactive ketones (excluding diaryl/α,β-unsaturated/α-hetero) is 1. The molecule has 0 unspecified atom stereocenters. The molecule has 0 atom stereocenters. The van der Waals surface area contributed by atoms with Crippen LogP contribution in [0.3, 0.4) is 0 Å². The van der Waals surface area contributed by atoms with E-state index in [1.54, 1.807) is 54.7 Å². The van der Waals surface area contributed by atoms with E-state index in [0.717, 1.165) is 5.39 Å². The molecule has 1 heterocycles. The second kappa shape index (κ2) is 11.0. The van der Waals surface area contributed by atoms with E-state index in [0.29, 0.717) is 39.4 Å². The second-order valence-corrected chi connectivity index (χ2v) is 9.03. The van der Waals surface area contributed by atoms with Crippen molar-refractivity contribution in [3.63, 3.8) is 0 Å². The third-order valence-electron chi connectivity index (χ3n) is 6.42. The maximum absolute atomic E-state index is 14.0. The van der Waals surface area contributed by atoms with Crippen LogP contribution in [0, 0.1) is 0 Å². The molecule has 1 aromatic heterocycles. The Bertz CT molecular complexity index is 1670. The Hall–Kier alpha value is -5.30. The van der Waals surface area contributed by atoms with Crippen molar-refractivity contribution in [1.29, 1.82) is 0 Å². The molecule has 0 spiro atoms. The van der Waals surface area contributed by atoms with Gasteiger partial charge >= 0.3 is 0 Å². The number of nitrogen functional groups attached to an aromatic ring is 1. The van der Waals surface area contributed by atoms with Gasteiger partial charge in [-0.15, -0.1) is 0 Å². The molecule has 2 N–H and O–H groups in total. The standard InChI is InChI=1S/C32H26N4O3/c1-22(37)24-9-8-14-28(19-24)36(27-12-6-3-7-13-27)30(38)21-35(26-10-4-2-5-11-26)32(39)25-16-15-23-17-18-34-31(33)29(23)20-25/h2-20H,21H2,1H3,(H2,33,34). The third-order valence-corrected chi connectivity index (χ3v) is 6.42. The quantitative estimate of drug-likeness (QED) is 0.268. The first-order valence-electron chi connectivity index (χ1n) is 12.4. The first-order chi connectivity index (χ1) is 18.9. The zero-order valence-corrected chi connectivity index (χ0v) is 21.3. The average molecular weight is 515 g/mol. The SMILES string of the molecule is CC(=O)c1cccc(N(C(=O)CN(C(=O)c2ccc3ccnc(N)c3c2)c2ccccc2)c2ccccc2)c1. The molecule has 0 fully saturated rings. The summed E-state index contributed by atoms with van der Waals surface area (Å²) in [5.74, 6) is -0.486. The summed E-state index contributed by atoms with van der Waals surface area (Å²) in [5.41, 5.74) is 8.66. The van der Waals surface area contributed by atoms with E-state index in [9.17, 15) is 14.4 Å². The van der Waals surface area contributed by atoms with Crippen molar-refractivity contribution in [3.05, 3.63) is 127 Å². The first-order valence-corrected chi connectivity index (χ1v) is 12.4. The van der Waals surface area contributed by atoms with Crippen LogP contribution in [0.25, 0.3) is 10.8 Å². The number of hydrogen-bond donors (Lipinski definition) is 1. The van der Waals surface area contributed by atoms with Crippen molar-refractivity contribution in [1.82, 2.24) is 4.98 Å². The van der Waals surface area contributed by atoms with Crippen LogP contribution in [0.15, 0.2) is 115 Å². The highest BCUT2D eigenvalue weighted by molar-refractivity contribution is 6.13. The first kappa shape index (κ1) is 25.4. The number of amides is 2. The Balaban J connectivity index is 1.56. The van der Waals surface area contributed by atoms with E-state index in [-0.39, 0.29) is 24.1 Å². The fraction of sp³-hybridized carbons (Fsp3) is 0.0625. The molecule has 0 aliphatic rings. The fourth-order valence-electron chi connectivity index (χ4n) is 4.45. The summed E-state index contributed by atoms with van der Waals surface area (Å²) < 4.78 is 0. The van der Waals surface area contributed by atoms with E-state index >= 15 is 0 Å². The average Bonchev–Trinajstić information content (AvgIpc) is 2.97. The summed E-state index contributed by atoms with van der Waals surface area (Å²) in [4.78, 5) is 47.1. The van der Waals surface area contributed by atoms with E-state index in [4.69, 9.17) is 5.73 Å². The van der Waals surface area contributed by atoms with Gasteiger partial charge in [0.1, 0.15) is 12.4 Å². The van der Waals surface area contributed by atoms with Crippen LogP contribution in [0.2, 0.25) is 0 Å². The molecule has 5 aromatic rings. The minimum absolute atomic E-state index is 0.108. The highest BCUT2D eigenvalue weighted by Gasteiger charge is 2.26. The van der Waals surface area contributed by atoms with Gasteiger partial charge in [0.05, 0.1) is 0 Å². The van der Waals surface area contributed by atoms with Crippen molar-refractivity contribution >= 4 is 51.3 Å². The van der Waals surface area contributed by atoms with Gasteiger partial charge in [-0.2, -0.15) is 0 Å². The largest absolute Gasteiger partial charge is 0.383 e. The Morgan fingerprint density at radius 1 is 0.718 bits per heavy atom. The highest BCUT2D eigenvalue weighted by Crippen LogP contribution is 2.28. The Labute approximate surface area is 226 Å². The van der Waals surface area contributed by atoms with Gasteiger partial charge < -0.3 is 5.73 Å². The van der Waals surface area contributed by atoms with Gasteiger partial charge in [-0.05, 0) is 66.9 Å². The number of ketones is 1. The zero-order chi connectivity index (χ0) is 27.4. The van der Waals surface area contributed by atoms with Crippen LogP contribution >= 0.6 is 0 Å². The van der Waals surface area contributed by atoms with Crippen molar-refractivity contribution in [2.24, 2.45) is 0 Å². The van der Waals surface area contributed by atoms with Crippen molar-refractivity contribution in [3.8, 4) is 0 Å². The second-order valence-electron chi connectivity index (χ2n) is 9.03. The summed E-state index contributed by atoms with van der Waals surface area (Å²) in [6, 6.07) is 32.1. The predicted octanol–water partition coefficient (Wildman–Crippen LogP) is 6.03. The molecule has 39 heavy (non-hydrogen) atoms. The van der Waals surface area contributed by atoms with Gasteiger partial charge in [0.25, 0.3) is 11.8 Å². The number of rotatable bonds is 7. The number of nitrogens with two attached hydrogens (primary N) is 1. The van der Waals surface area contributed by atoms with Crippen molar-refractivity contribution in [2.45, 2.75) is 6.92 Å². The lowest BCUT2D eigenvalue weighted by atomic mass is 10.1. The molecule has 4 aromatic carbocycles. The third kappa shape index (κ3) is 5.38. The molecule has 7 nitrogen and oxygen atoms in total. The van der Waals surface area contributed by atoms with Gasteiger partial charge in [0, 0.05) is 39.8 Å². The Kier molecular flexibility index (Phi) is 7.14. The number of benzene rings is 4. The number of carbonyl (C=O) groups excluding carboxylic acids is 3. The molecule has 5 rings (SSSR count). The van der Waals surface area contributed by atoms with Crippen LogP contribution in [0.5, 0.6) is 0 Å². The number of nitrogens with zero attached hydrogens (tertiary/aromatic N) is 3. The van der Waals surface area contributed by atoms with Crippen LogP contribution in [0.1, 0.15) is 27.6 Å². The van der Waals surface area contributed by atoms with Crippen molar-refractivity contribution < 1.29 is 14.4 Å². The van der Waals surface area contributed by atoms with Crippen molar-refractivity contribution in [2.75, 3.05) is 22.1 Å². The van der Waals surface area contributed by atoms with E-state index in [1.807, 2.05) is 60.7 Å². The Morgan fingerprint density at radius 2 is 1.38 bits per heavy atom. The van der Waals surface area contributed by atoms with Gasteiger partial charge in [0.2, 0.25) is 0 Å². The summed E-state index contributed by atoms with van der Waals surface area (Å²) in [6.07, 6.45) is 1.62. The molecule has 2 amide bonds. The predicted molar refractivity (Wildman–Crippen MR) is 154 cm³/mol. The number of carbonyl (C=O) groups is 3. The monoisotopic (exact) mass is 514 g/mol. The van der Waals surface area contributed by atoms with Gasteiger partial charge in [-0.3, -0.25) is 24.2 Å². The lowest BCUT2D eigenvalue weighted by molar-refractivity contribution is -0.116.